The van der Waals surface area contributed by atoms with Crippen molar-refractivity contribution in [1.82, 2.24) is 9.71 Å². The lowest BCUT2D eigenvalue weighted by atomic mass is 10.3. The van der Waals surface area contributed by atoms with Crippen LogP contribution in [0.15, 0.2) is 23.2 Å². The summed E-state index contributed by atoms with van der Waals surface area (Å²) in [6.07, 6.45) is 6.42. The maximum absolute atomic E-state index is 12.2. The third-order valence-corrected chi connectivity index (χ3v) is 4.84. The van der Waals surface area contributed by atoms with Gasteiger partial charge in [-0.3, -0.25) is 0 Å². The topological polar surface area (TPSA) is 80.3 Å². The van der Waals surface area contributed by atoms with Crippen LogP contribution in [0, 0.1) is 0 Å². The van der Waals surface area contributed by atoms with Crippen LogP contribution in [0.5, 0.6) is 0 Å². The molecule has 1 saturated carbocycles. The van der Waals surface area contributed by atoms with Gasteiger partial charge in [-0.15, -0.1) is 0 Å². The van der Waals surface area contributed by atoms with E-state index in [-0.39, 0.29) is 11.4 Å². The molecule has 0 saturated heterocycles. The number of ether oxygens (including phenoxy) is 1. The van der Waals surface area contributed by atoms with E-state index < -0.39 is 10.0 Å². The number of anilines is 1. The molecule has 1 heterocycles. The molecule has 1 aromatic rings. The molecule has 0 spiro atoms. The first-order valence-electron chi connectivity index (χ1n) is 6.87. The maximum atomic E-state index is 12.2. The summed E-state index contributed by atoms with van der Waals surface area (Å²) < 4.78 is 32.5. The van der Waals surface area contributed by atoms with E-state index in [0.717, 1.165) is 12.8 Å². The van der Waals surface area contributed by atoms with Crippen LogP contribution in [0.2, 0.25) is 0 Å². The predicted octanol–water partition coefficient (Wildman–Crippen LogP) is 1.36. The van der Waals surface area contributed by atoms with Gasteiger partial charge in [0.05, 0.1) is 12.7 Å². The van der Waals surface area contributed by atoms with Gasteiger partial charge in [0.15, 0.2) is 0 Å². The zero-order valence-corrected chi connectivity index (χ0v) is 12.4. The van der Waals surface area contributed by atoms with Crippen molar-refractivity contribution in [2.75, 3.05) is 25.5 Å². The highest BCUT2D eigenvalue weighted by atomic mass is 32.2. The SMILES string of the molecule is CNc1ncccc1S(=O)(=O)NCCOC1CCCC1. The average Bonchev–Trinajstić information content (AvgIpc) is 2.97. The molecule has 0 unspecified atom stereocenters. The van der Waals surface area contributed by atoms with Crippen LogP contribution in [0.25, 0.3) is 0 Å². The molecule has 0 atom stereocenters. The lowest BCUT2D eigenvalue weighted by molar-refractivity contribution is 0.0626. The lowest BCUT2D eigenvalue weighted by Crippen LogP contribution is -2.29. The Morgan fingerprint density at radius 3 is 2.85 bits per heavy atom. The number of sulfonamides is 1. The Balaban J connectivity index is 1.87. The highest BCUT2D eigenvalue weighted by Crippen LogP contribution is 2.20. The Labute approximate surface area is 120 Å². The zero-order chi connectivity index (χ0) is 14.4. The molecule has 0 aliphatic heterocycles. The molecule has 112 valence electrons. The van der Waals surface area contributed by atoms with Crippen molar-refractivity contribution in [3.05, 3.63) is 18.3 Å². The van der Waals surface area contributed by atoms with Gasteiger partial charge in [-0.05, 0) is 25.0 Å². The minimum absolute atomic E-state index is 0.156. The Kier molecular flexibility index (Phi) is 5.33. The summed E-state index contributed by atoms with van der Waals surface area (Å²) in [5.74, 6) is 0.344. The summed E-state index contributed by atoms with van der Waals surface area (Å²) in [7, 11) is -1.91. The third kappa shape index (κ3) is 3.91. The minimum atomic E-state index is -3.55. The van der Waals surface area contributed by atoms with Gasteiger partial charge in [-0.1, -0.05) is 12.8 Å². The van der Waals surface area contributed by atoms with E-state index >= 15 is 0 Å². The number of rotatable bonds is 7. The fraction of sp³-hybridized carbons (Fsp3) is 0.615. The second kappa shape index (κ2) is 7.01. The van der Waals surface area contributed by atoms with Crippen molar-refractivity contribution in [1.29, 1.82) is 0 Å². The fourth-order valence-electron chi connectivity index (χ4n) is 2.33. The van der Waals surface area contributed by atoms with E-state index in [9.17, 15) is 8.42 Å². The summed E-state index contributed by atoms with van der Waals surface area (Å²) in [5.41, 5.74) is 0. The molecule has 1 aromatic heterocycles. The Hall–Kier alpha value is -1.18. The predicted molar refractivity (Wildman–Crippen MR) is 77.2 cm³/mol. The average molecular weight is 299 g/mol. The Morgan fingerprint density at radius 1 is 1.40 bits per heavy atom. The molecule has 0 amide bonds. The van der Waals surface area contributed by atoms with Crippen molar-refractivity contribution in [3.63, 3.8) is 0 Å². The summed E-state index contributed by atoms with van der Waals surface area (Å²) >= 11 is 0. The number of pyridine rings is 1. The van der Waals surface area contributed by atoms with Gasteiger partial charge in [0.2, 0.25) is 10.0 Å². The zero-order valence-electron chi connectivity index (χ0n) is 11.6. The molecule has 2 N–H and O–H groups in total. The normalized spacial score (nSPS) is 16.4. The number of aromatic nitrogens is 1. The summed E-state index contributed by atoms with van der Waals surface area (Å²) in [6.45, 7) is 0.677. The van der Waals surface area contributed by atoms with Crippen LogP contribution in [0.1, 0.15) is 25.7 Å². The highest BCUT2D eigenvalue weighted by Gasteiger charge is 2.19. The maximum Gasteiger partial charge on any atom is 0.244 e. The summed E-state index contributed by atoms with van der Waals surface area (Å²) in [5, 5.41) is 2.78. The molecule has 1 aliphatic rings. The van der Waals surface area contributed by atoms with Gasteiger partial charge in [0.1, 0.15) is 10.7 Å². The van der Waals surface area contributed by atoms with Gasteiger partial charge in [-0.2, -0.15) is 0 Å². The molecular formula is C13H21N3O3S. The van der Waals surface area contributed by atoms with Gasteiger partial charge in [0.25, 0.3) is 0 Å². The lowest BCUT2D eigenvalue weighted by Gasteiger charge is -2.13. The van der Waals surface area contributed by atoms with Crippen LogP contribution in [0.3, 0.4) is 0 Å². The fourth-order valence-corrected chi connectivity index (χ4v) is 3.50. The largest absolute Gasteiger partial charge is 0.377 e. The monoisotopic (exact) mass is 299 g/mol. The summed E-state index contributed by atoms with van der Waals surface area (Å²) in [6, 6.07) is 3.13. The first kappa shape index (κ1) is 15.2. The van der Waals surface area contributed by atoms with Crippen molar-refractivity contribution in [3.8, 4) is 0 Å². The van der Waals surface area contributed by atoms with Crippen LogP contribution < -0.4 is 10.0 Å². The van der Waals surface area contributed by atoms with E-state index in [0.29, 0.717) is 18.5 Å². The molecule has 6 nitrogen and oxygen atoms in total. The number of nitrogens with zero attached hydrogens (tertiary/aromatic N) is 1. The second-order valence-electron chi connectivity index (χ2n) is 4.78. The smallest absolute Gasteiger partial charge is 0.244 e. The van der Waals surface area contributed by atoms with E-state index in [1.807, 2.05) is 0 Å². The second-order valence-corrected chi connectivity index (χ2v) is 6.51. The Morgan fingerprint density at radius 2 is 2.15 bits per heavy atom. The van der Waals surface area contributed by atoms with Crippen molar-refractivity contribution >= 4 is 15.8 Å². The first-order valence-corrected chi connectivity index (χ1v) is 8.36. The molecule has 2 rings (SSSR count). The molecule has 0 bridgehead atoms. The van der Waals surface area contributed by atoms with Gasteiger partial charge >= 0.3 is 0 Å². The standard InChI is InChI=1S/C13H21N3O3S/c1-14-13-12(7-4-8-15-13)20(17,18)16-9-10-19-11-5-2-3-6-11/h4,7-8,11,16H,2-3,5-6,9-10H2,1H3,(H,14,15). The molecule has 7 heteroatoms. The molecular weight excluding hydrogens is 278 g/mol. The van der Waals surface area contributed by atoms with E-state index in [4.69, 9.17) is 4.74 Å². The van der Waals surface area contributed by atoms with Crippen molar-refractivity contribution in [2.45, 2.75) is 36.7 Å². The minimum Gasteiger partial charge on any atom is -0.377 e. The number of nitrogens with one attached hydrogen (secondary N) is 2. The van der Waals surface area contributed by atoms with Gasteiger partial charge in [0, 0.05) is 19.8 Å². The molecule has 0 radical (unpaired) electrons. The van der Waals surface area contributed by atoms with Crippen LogP contribution in [-0.2, 0) is 14.8 Å². The van der Waals surface area contributed by atoms with Crippen LogP contribution >= 0.6 is 0 Å². The molecule has 1 fully saturated rings. The molecule has 1 aliphatic carbocycles. The highest BCUT2D eigenvalue weighted by molar-refractivity contribution is 7.89. The molecule has 20 heavy (non-hydrogen) atoms. The van der Waals surface area contributed by atoms with Crippen LogP contribution in [0.4, 0.5) is 5.82 Å². The van der Waals surface area contributed by atoms with Gasteiger partial charge in [-0.25, -0.2) is 18.1 Å². The van der Waals surface area contributed by atoms with E-state index in [1.165, 1.54) is 18.9 Å². The Bertz CT molecular complexity index is 527. The van der Waals surface area contributed by atoms with Crippen LogP contribution in [-0.4, -0.2) is 39.7 Å². The first-order chi connectivity index (χ1) is 9.63. The number of hydrogen-bond donors (Lipinski definition) is 2. The number of hydrogen-bond acceptors (Lipinski definition) is 5. The van der Waals surface area contributed by atoms with Crippen molar-refractivity contribution < 1.29 is 13.2 Å². The third-order valence-electron chi connectivity index (χ3n) is 3.35. The van der Waals surface area contributed by atoms with E-state index in [1.54, 1.807) is 19.3 Å². The van der Waals surface area contributed by atoms with E-state index in [2.05, 4.69) is 15.0 Å². The summed E-state index contributed by atoms with van der Waals surface area (Å²) in [4.78, 5) is 4.15. The molecule has 0 aromatic carbocycles. The quantitative estimate of drug-likeness (QED) is 0.743. The van der Waals surface area contributed by atoms with Gasteiger partial charge < -0.3 is 10.1 Å². The van der Waals surface area contributed by atoms with Crippen molar-refractivity contribution in [2.24, 2.45) is 0 Å².